The number of aromatic nitrogens is 3. The SMILES string of the molecule is Cn1c(CCc2ccc(Oc3ccc4cccc(Cl)c4n3)cc2)nc2ccc(NC3COC3)cc21. The van der Waals surface area contributed by atoms with Crippen molar-refractivity contribution in [1.29, 1.82) is 0 Å². The van der Waals surface area contributed by atoms with Crippen molar-refractivity contribution >= 4 is 39.2 Å². The standard InChI is InChI=1S/C28H25ClN4O2/c1-33-25-15-20(30-21-16-34-17-21)9-12-24(25)31-26(33)13-7-18-5-10-22(11-6-18)35-27-14-8-19-3-2-4-23(29)28(19)32-27/h2-6,8-12,14-15,21,30H,7,13,16-17H2,1H3. The first kappa shape index (κ1) is 21.9. The summed E-state index contributed by atoms with van der Waals surface area (Å²) >= 11 is 6.28. The highest BCUT2D eigenvalue weighted by Crippen LogP contribution is 2.27. The zero-order chi connectivity index (χ0) is 23.8. The Balaban J connectivity index is 1.12. The van der Waals surface area contributed by atoms with E-state index in [1.54, 1.807) is 0 Å². The first-order valence-electron chi connectivity index (χ1n) is 11.7. The van der Waals surface area contributed by atoms with E-state index in [2.05, 4.69) is 52.2 Å². The van der Waals surface area contributed by atoms with Crippen LogP contribution in [-0.4, -0.2) is 33.8 Å². The highest BCUT2D eigenvalue weighted by atomic mass is 35.5. The van der Waals surface area contributed by atoms with Crippen molar-refractivity contribution in [3.63, 3.8) is 0 Å². The van der Waals surface area contributed by atoms with Gasteiger partial charge in [-0.15, -0.1) is 0 Å². The highest BCUT2D eigenvalue weighted by Gasteiger charge is 2.18. The first-order chi connectivity index (χ1) is 17.1. The van der Waals surface area contributed by atoms with E-state index in [0.29, 0.717) is 16.9 Å². The van der Waals surface area contributed by atoms with Gasteiger partial charge in [0, 0.05) is 30.6 Å². The van der Waals surface area contributed by atoms with Gasteiger partial charge in [-0.05, 0) is 54.4 Å². The van der Waals surface area contributed by atoms with Gasteiger partial charge < -0.3 is 19.4 Å². The van der Waals surface area contributed by atoms with Crippen molar-refractivity contribution in [2.45, 2.75) is 18.9 Å². The summed E-state index contributed by atoms with van der Waals surface area (Å²) in [6.07, 6.45) is 1.75. The van der Waals surface area contributed by atoms with Crippen molar-refractivity contribution in [3.8, 4) is 11.6 Å². The molecule has 1 fully saturated rings. The molecule has 6 nitrogen and oxygen atoms in total. The summed E-state index contributed by atoms with van der Waals surface area (Å²) in [4.78, 5) is 9.41. The Bertz CT molecular complexity index is 1510. The number of hydrogen-bond acceptors (Lipinski definition) is 5. The third-order valence-electron chi connectivity index (χ3n) is 6.41. The molecule has 7 heteroatoms. The van der Waals surface area contributed by atoms with Gasteiger partial charge in [0.2, 0.25) is 5.88 Å². The van der Waals surface area contributed by atoms with Gasteiger partial charge in [-0.1, -0.05) is 35.9 Å². The molecule has 6 rings (SSSR count). The van der Waals surface area contributed by atoms with Gasteiger partial charge in [0.25, 0.3) is 0 Å². The molecule has 2 aromatic heterocycles. The Morgan fingerprint density at radius 2 is 1.86 bits per heavy atom. The second-order valence-electron chi connectivity index (χ2n) is 8.88. The summed E-state index contributed by atoms with van der Waals surface area (Å²) in [5.74, 6) is 2.34. The Labute approximate surface area is 208 Å². The maximum atomic E-state index is 6.28. The molecule has 0 radical (unpaired) electrons. The molecule has 0 aliphatic carbocycles. The minimum absolute atomic E-state index is 0.405. The van der Waals surface area contributed by atoms with E-state index in [1.165, 1.54) is 5.56 Å². The molecule has 1 N–H and O–H groups in total. The van der Waals surface area contributed by atoms with Crippen LogP contribution in [0, 0.1) is 0 Å². The maximum Gasteiger partial charge on any atom is 0.219 e. The fraction of sp³-hybridized carbons (Fsp3) is 0.214. The molecule has 0 atom stereocenters. The Morgan fingerprint density at radius 1 is 1.00 bits per heavy atom. The van der Waals surface area contributed by atoms with Crippen molar-refractivity contribution in [2.24, 2.45) is 7.05 Å². The first-order valence-corrected chi connectivity index (χ1v) is 12.1. The predicted octanol–water partition coefficient (Wildman–Crippen LogP) is 6.16. The summed E-state index contributed by atoms with van der Waals surface area (Å²) < 4.78 is 13.4. The number of imidazole rings is 1. The number of nitrogens with one attached hydrogen (secondary N) is 1. The number of rotatable bonds is 7. The van der Waals surface area contributed by atoms with Crippen LogP contribution in [0.3, 0.4) is 0 Å². The lowest BCUT2D eigenvalue weighted by molar-refractivity contribution is 0.0211. The van der Waals surface area contributed by atoms with Gasteiger partial charge in [-0.3, -0.25) is 0 Å². The largest absolute Gasteiger partial charge is 0.439 e. The van der Waals surface area contributed by atoms with E-state index in [0.717, 1.165) is 65.3 Å². The molecule has 1 saturated heterocycles. The second-order valence-corrected chi connectivity index (χ2v) is 9.28. The minimum Gasteiger partial charge on any atom is -0.439 e. The molecule has 0 unspecified atom stereocenters. The fourth-order valence-electron chi connectivity index (χ4n) is 4.36. The van der Waals surface area contributed by atoms with Crippen molar-refractivity contribution < 1.29 is 9.47 Å². The molecule has 1 aliphatic heterocycles. The van der Waals surface area contributed by atoms with Gasteiger partial charge >= 0.3 is 0 Å². The van der Waals surface area contributed by atoms with Crippen LogP contribution < -0.4 is 10.1 Å². The monoisotopic (exact) mass is 484 g/mol. The van der Waals surface area contributed by atoms with Gasteiger partial charge in [0.05, 0.1) is 40.8 Å². The van der Waals surface area contributed by atoms with Crippen LogP contribution in [0.5, 0.6) is 11.6 Å². The Hall–Kier alpha value is -3.61. The number of anilines is 1. The smallest absolute Gasteiger partial charge is 0.219 e. The summed E-state index contributed by atoms with van der Waals surface area (Å²) in [6.45, 7) is 1.54. The maximum absolute atomic E-state index is 6.28. The lowest BCUT2D eigenvalue weighted by atomic mass is 10.1. The van der Waals surface area contributed by atoms with Crippen LogP contribution in [0.15, 0.2) is 72.8 Å². The number of nitrogens with zero attached hydrogens (tertiary/aromatic N) is 3. The van der Waals surface area contributed by atoms with Crippen molar-refractivity contribution in [3.05, 3.63) is 89.2 Å². The van der Waals surface area contributed by atoms with Crippen molar-refractivity contribution in [1.82, 2.24) is 14.5 Å². The van der Waals surface area contributed by atoms with Gasteiger partial charge in [-0.2, -0.15) is 0 Å². The number of benzene rings is 3. The normalized spacial score (nSPS) is 13.8. The number of para-hydroxylation sites is 1. The molecule has 0 spiro atoms. The second kappa shape index (κ2) is 9.21. The van der Waals surface area contributed by atoms with E-state index in [4.69, 9.17) is 26.1 Å². The summed E-state index contributed by atoms with van der Waals surface area (Å²) in [5.41, 5.74) is 5.23. The lowest BCUT2D eigenvalue weighted by Crippen LogP contribution is -2.40. The van der Waals surface area contributed by atoms with E-state index in [-0.39, 0.29) is 0 Å². The van der Waals surface area contributed by atoms with Crippen LogP contribution >= 0.6 is 11.6 Å². The average molecular weight is 485 g/mol. The van der Waals surface area contributed by atoms with E-state index >= 15 is 0 Å². The van der Waals surface area contributed by atoms with Crippen LogP contribution in [0.2, 0.25) is 5.02 Å². The molecule has 3 heterocycles. The topological polar surface area (TPSA) is 61.2 Å². The molecule has 0 bridgehead atoms. The fourth-order valence-corrected chi connectivity index (χ4v) is 4.58. The number of hydrogen-bond donors (Lipinski definition) is 1. The molecular formula is C28H25ClN4O2. The quantitative estimate of drug-likeness (QED) is 0.299. The molecule has 0 amide bonds. The van der Waals surface area contributed by atoms with E-state index in [1.807, 2.05) is 42.5 Å². The zero-order valence-electron chi connectivity index (χ0n) is 19.4. The molecule has 1 aliphatic rings. The Morgan fingerprint density at radius 3 is 2.66 bits per heavy atom. The summed E-state index contributed by atoms with van der Waals surface area (Å²) in [5, 5.41) is 5.11. The minimum atomic E-state index is 0.405. The van der Waals surface area contributed by atoms with E-state index in [9.17, 15) is 0 Å². The lowest BCUT2D eigenvalue weighted by Gasteiger charge is -2.27. The third kappa shape index (κ3) is 4.55. The number of aryl methyl sites for hydroxylation is 3. The van der Waals surface area contributed by atoms with Crippen LogP contribution in [0.25, 0.3) is 21.9 Å². The number of fused-ring (bicyclic) bond motifs is 2. The number of ether oxygens (including phenoxy) is 2. The molecule has 5 aromatic rings. The molecule has 3 aromatic carbocycles. The van der Waals surface area contributed by atoms with Gasteiger partial charge in [-0.25, -0.2) is 9.97 Å². The zero-order valence-corrected chi connectivity index (χ0v) is 20.1. The Kier molecular flexibility index (Phi) is 5.76. The average Bonchev–Trinajstić information content (AvgIpc) is 3.16. The van der Waals surface area contributed by atoms with Crippen LogP contribution in [0.4, 0.5) is 5.69 Å². The van der Waals surface area contributed by atoms with Gasteiger partial charge in [0.15, 0.2) is 0 Å². The number of pyridine rings is 1. The summed E-state index contributed by atoms with van der Waals surface area (Å²) in [6, 6.07) is 24.5. The summed E-state index contributed by atoms with van der Waals surface area (Å²) in [7, 11) is 2.08. The predicted molar refractivity (Wildman–Crippen MR) is 140 cm³/mol. The molecule has 0 saturated carbocycles. The van der Waals surface area contributed by atoms with Crippen LogP contribution in [-0.2, 0) is 24.6 Å². The third-order valence-corrected chi connectivity index (χ3v) is 6.72. The molecule has 35 heavy (non-hydrogen) atoms. The number of halogens is 1. The molecule has 176 valence electrons. The van der Waals surface area contributed by atoms with Gasteiger partial charge in [0.1, 0.15) is 11.6 Å². The highest BCUT2D eigenvalue weighted by molar-refractivity contribution is 6.35. The van der Waals surface area contributed by atoms with Crippen molar-refractivity contribution in [2.75, 3.05) is 18.5 Å². The van der Waals surface area contributed by atoms with Crippen LogP contribution in [0.1, 0.15) is 11.4 Å². The molecular weight excluding hydrogens is 460 g/mol. The van der Waals surface area contributed by atoms with E-state index < -0.39 is 0 Å².